The van der Waals surface area contributed by atoms with E-state index in [1.165, 1.54) is 4.90 Å². The van der Waals surface area contributed by atoms with E-state index < -0.39 is 0 Å². The van der Waals surface area contributed by atoms with Gasteiger partial charge in [0.25, 0.3) is 5.91 Å². The smallest absolute Gasteiger partial charge is 0.259 e. The molecule has 2 heterocycles. The fraction of sp³-hybridized carbons (Fsp3) is 0.250. The predicted molar refractivity (Wildman–Crippen MR) is 50.6 cm³/mol. The van der Waals surface area contributed by atoms with Crippen molar-refractivity contribution in [1.82, 2.24) is 9.88 Å². The molecule has 0 aliphatic carbocycles. The van der Waals surface area contributed by atoms with Gasteiger partial charge in [-0.25, -0.2) is 0 Å². The first kappa shape index (κ1) is 8.50. The molecule has 0 aromatic carbocycles. The highest BCUT2D eigenvalue weighted by Crippen LogP contribution is 2.17. The summed E-state index contributed by atoms with van der Waals surface area (Å²) in [5.41, 5.74) is 0.723. The van der Waals surface area contributed by atoms with Gasteiger partial charge in [0.2, 0.25) is 5.43 Å². The van der Waals surface area contributed by atoms with E-state index in [0.29, 0.717) is 16.7 Å². The second kappa shape index (κ2) is 2.70. The molecule has 1 N–H and O–H groups in total. The van der Waals surface area contributed by atoms with E-state index in [9.17, 15) is 9.59 Å². The van der Waals surface area contributed by atoms with Gasteiger partial charge >= 0.3 is 0 Å². The van der Waals surface area contributed by atoms with Crippen molar-refractivity contribution in [2.75, 3.05) is 7.05 Å². The molecular formula is C8H7BrN2O2. The third-order valence-electron chi connectivity index (χ3n) is 2.07. The van der Waals surface area contributed by atoms with Gasteiger partial charge in [0.1, 0.15) is 5.56 Å². The van der Waals surface area contributed by atoms with Crippen molar-refractivity contribution in [1.29, 1.82) is 0 Å². The first-order valence-electron chi connectivity index (χ1n) is 3.77. The first-order chi connectivity index (χ1) is 6.11. The molecule has 1 aliphatic rings. The molecule has 0 spiro atoms. The number of fused-ring (bicyclic) bond motifs is 1. The van der Waals surface area contributed by atoms with Crippen LogP contribution in [0.4, 0.5) is 0 Å². The number of nitrogens with zero attached hydrogens (tertiary/aromatic N) is 1. The minimum atomic E-state index is -0.233. The normalized spacial score (nSPS) is 14.9. The van der Waals surface area contributed by atoms with Crippen LogP contribution in [0.15, 0.2) is 15.5 Å². The largest absolute Gasteiger partial charge is 0.362 e. The summed E-state index contributed by atoms with van der Waals surface area (Å²) in [6, 6.07) is 0. The van der Waals surface area contributed by atoms with Crippen LogP contribution in [-0.4, -0.2) is 22.8 Å². The third-order valence-corrected chi connectivity index (χ3v) is 2.66. The van der Waals surface area contributed by atoms with Gasteiger partial charge in [-0.1, -0.05) is 0 Å². The zero-order valence-electron chi connectivity index (χ0n) is 6.93. The molecule has 1 aromatic rings. The number of H-pyrrole nitrogens is 1. The average molecular weight is 243 g/mol. The lowest BCUT2D eigenvalue weighted by Gasteiger charge is -2.03. The van der Waals surface area contributed by atoms with Crippen LogP contribution in [0.5, 0.6) is 0 Å². The quantitative estimate of drug-likeness (QED) is 0.730. The maximum absolute atomic E-state index is 11.5. The molecule has 0 atom stereocenters. The standard InChI is InChI=1S/C8H7BrN2O2/c1-11-3-5-6(8(11)13)7(12)4(9)2-10-5/h2H,3H2,1H3,(H,10,12). The highest BCUT2D eigenvalue weighted by atomic mass is 79.9. The lowest BCUT2D eigenvalue weighted by Crippen LogP contribution is -2.22. The van der Waals surface area contributed by atoms with E-state index in [1.54, 1.807) is 13.2 Å². The lowest BCUT2D eigenvalue weighted by molar-refractivity contribution is 0.0815. The number of rotatable bonds is 0. The summed E-state index contributed by atoms with van der Waals surface area (Å²) in [5, 5.41) is 0. The van der Waals surface area contributed by atoms with Crippen LogP contribution in [0.1, 0.15) is 16.1 Å². The van der Waals surface area contributed by atoms with Gasteiger partial charge in [0.05, 0.1) is 16.7 Å². The van der Waals surface area contributed by atoms with Gasteiger partial charge in [-0.2, -0.15) is 0 Å². The summed E-state index contributed by atoms with van der Waals surface area (Å²) >= 11 is 3.08. The number of carbonyl (C=O) groups excluding carboxylic acids is 1. The van der Waals surface area contributed by atoms with Crippen LogP contribution >= 0.6 is 15.9 Å². The molecule has 0 saturated carbocycles. The number of aromatic amines is 1. The Morgan fingerprint density at radius 3 is 2.92 bits per heavy atom. The Morgan fingerprint density at radius 1 is 1.54 bits per heavy atom. The number of carbonyl (C=O) groups is 1. The molecule has 0 saturated heterocycles. The van der Waals surface area contributed by atoms with Crippen LogP contribution < -0.4 is 5.43 Å². The molecule has 4 nitrogen and oxygen atoms in total. The molecule has 5 heteroatoms. The Labute approximate surface area is 82.7 Å². The zero-order chi connectivity index (χ0) is 9.59. The highest BCUT2D eigenvalue weighted by molar-refractivity contribution is 9.10. The Hall–Kier alpha value is -1.10. The topological polar surface area (TPSA) is 53.2 Å². The zero-order valence-corrected chi connectivity index (χ0v) is 8.51. The molecule has 0 bridgehead atoms. The Morgan fingerprint density at radius 2 is 2.23 bits per heavy atom. The number of amides is 1. The number of halogens is 1. The van der Waals surface area contributed by atoms with Crippen molar-refractivity contribution >= 4 is 21.8 Å². The van der Waals surface area contributed by atoms with Crippen molar-refractivity contribution in [3.63, 3.8) is 0 Å². The molecule has 0 radical (unpaired) electrons. The maximum atomic E-state index is 11.5. The minimum absolute atomic E-state index is 0.211. The Balaban J connectivity index is 2.73. The summed E-state index contributed by atoms with van der Waals surface area (Å²) in [5.74, 6) is -0.211. The van der Waals surface area contributed by atoms with Crippen molar-refractivity contribution in [3.8, 4) is 0 Å². The van der Waals surface area contributed by atoms with Crippen LogP contribution in [0, 0.1) is 0 Å². The summed E-state index contributed by atoms with van der Waals surface area (Å²) in [6.07, 6.45) is 1.56. The predicted octanol–water partition coefficient (Wildman–Crippen LogP) is 0.723. The van der Waals surface area contributed by atoms with E-state index in [4.69, 9.17) is 0 Å². The van der Waals surface area contributed by atoms with Gasteiger partial charge < -0.3 is 9.88 Å². The van der Waals surface area contributed by atoms with Crippen LogP contribution in [-0.2, 0) is 6.54 Å². The summed E-state index contributed by atoms with van der Waals surface area (Å²) in [7, 11) is 1.67. The third kappa shape index (κ3) is 1.11. The Bertz CT molecular complexity index is 438. The van der Waals surface area contributed by atoms with Gasteiger partial charge in [0.15, 0.2) is 0 Å². The molecule has 0 unspecified atom stereocenters. The van der Waals surface area contributed by atoms with Crippen molar-refractivity contribution in [2.24, 2.45) is 0 Å². The molecule has 0 fully saturated rings. The minimum Gasteiger partial charge on any atom is -0.362 e. The second-order valence-electron chi connectivity index (χ2n) is 2.98. The first-order valence-corrected chi connectivity index (χ1v) is 4.56. The van der Waals surface area contributed by atoms with Crippen molar-refractivity contribution in [3.05, 3.63) is 32.2 Å². The molecule has 68 valence electrons. The van der Waals surface area contributed by atoms with Crippen LogP contribution in [0.3, 0.4) is 0 Å². The second-order valence-corrected chi connectivity index (χ2v) is 3.83. The van der Waals surface area contributed by atoms with Crippen LogP contribution in [0.25, 0.3) is 0 Å². The average Bonchev–Trinajstić information content (AvgIpc) is 2.37. The molecule has 1 amide bonds. The van der Waals surface area contributed by atoms with Crippen LogP contribution in [0.2, 0.25) is 0 Å². The summed E-state index contributed by atoms with van der Waals surface area (Å²) in [6.45, 7) is 0.483. The van der Waals surface area contributed by atoms with Gasteiger partial charge in [-0.15, -0.1) is 0 Å². The summed E-state index contributed by atoms with van der Waals surface area (Å²) < 4.78 is 0.398. The van der Waals surface area contributed by atoms with Gasteiger partial charge in [-0.05, 0) is 15.9 Å². The van der Waals surface area contributed by atoms with E-state index in [-0.39, 0.29) is 16.9 Å². The fourth-order valence-electron chi connectivity index (χ4n) is 1.40. The van der Waals surface area contributed by atoms with Gasteiger partial charge in [0, 0.05) is 13.2 Å². The van der Waals surface area contributed by atoms with E-state index in [2.05, 4.69) is 20.9 Å². The Kier molecular flexibility index (Phi) is 1.76. The molecule has 13 heavy (non-hydrogen) atoms. The van der Waals surface area contributed by atoms with Crippen molar-refractivity contribution in [2.45, 2.75) is 6.54 Å². The number of hydrogen-bond acceptors (Lipinski definition) is 2. The lowest BCUT2D eigenvalue weighted by atomic mass is 10.2. The van der Waals surface area contributed by atoms with E-state index >= 15 is 0 Å². The number of nitrogens with one attached hydrogen (secondary N) is 1. The monoisotopic (exact) mass is 242 g/mol. The summed E-state index contributed by atoms with van der Waals surface area (Å²) in [4.78, 5) is 27.4. The number of hydrogen-bond donors (Lipinski definition) is 1. The molecular weight excluding hydrogens is 236 g/mol. The maximum Gasteiger partial charge on any atom is 0.259 e. The molecule has 1 aliphatic heterocycles. The van der Waals surface area contributed by atoms with Gasteiger partial charge in [-0.3, -0.25) is 9.59 Å². The van der Waals surface area contributed by atoms with E-state index in [1.807, 2.05) is 0 Å². The molecule has 1 aromatic heterocycles. The molecule has 2 rings (SSSR count). The SMILES string of the molecule is CN1Cc2[nH]cc(Br)c(=O)c2C1=O. The number of pyridine rings is 1. The number of aromatic nitrogens is 1. The highest BCUT2D eigenvalue weighted by Gasteiger charge is 2.28. The van der Waals surface area contributed by atoms with Crippen molar-refractivity contribution < 1.29 is 4.79 Å². The van der Waals surface area contributed by atoms with E-state index in [0.717, 1.165) is 0 Å². The fourth-order valence-corrected chi connectivity index (χ4v) is 1.71.